The third-order valence-corrected chi connectivity index (χ3v) is 19.2. The smallest absolute Gasteiger partial charge is 0.302 e. The van der Waals surface area contributed by atoms with E-state index in [9.17, 15) is 66.2 Å². The van der Waals surface area contributed by atoms with Gasteiger partial charge in [-0.15, -0.1) is 0 Å². The first-order chi connectivity index (χ1) is 33.0. The fraction of sp³-hybridized carbons (Fsp3) is 0.940. The minimum absolute atomic E-state index is 0.0349. The molecule has 25 unspecified atom stereocenters. The second kappa shape index (κ2) is 21.1. The molecule has 0 bridgehead atoms. The minimum atomic E-state index is -1.84. The highest BCUT2D eigenvalue weighted by Gasteiger charge is 2.72. The number of rotatable bonds is 15. The predicted octanol–water partition coefficient (Wildman–Crippen LogP) is 0.0121. The molecule has 3 heterocycles. The second-order valence-corrected chi connectivity index (χ2v) is 24.0. The number of aliphatic hydroxyl groups is 11. The van der Waals surface area contributed by atoms with Gasteiger partial charge in [-0.05, 0) is 117 Å². The van der Waals surface area contributed by atoms with Crippen LogP contribution in [0.1, 0.15) is 114 Å². The van der Waals surface area contributed by atoms with Crippen molar-refractivity contribution in [2.75, 3.05) is 19.8 Å². The van der Waals surface area contributed by atoms with Gasteiger partial charge in [0.1, 0.15) is 85.5 Å². The van der Waals surface area contributed by atoms with Gasteiger partial charge in [0.15, 0.2) is 18.9 Å². The number of aliphatic hydroxyl groups excluding tert-OH is 11. The molecule has 7 fully saturated rings. The molecular formula is C50H84O21. The molecule has 0 aromatic heterocycles. The lowest BCUT2D eigenvalue weighted by Gasteiger charge is -2.71. The molecule has 7 aliphatic rings. The summed E-state index contributed by atoms with van der Waals surface area (Å²) in [6, 6.07) is 0. The Balaban J connectivity index is 1.13. The highest BCUT2D eigenvalue weighted by Crippen LogP contribution is 2.76. The topological polar surface area (TPSA) is 334 Å². The molecule has 25 atom stereocenters. The molecule has 0 amide bonds. The zero-order chi connectivity index (χ0) is 52.6. The van der Waals surface area contributed by atoms with Crippen LogP contribution in [-0.2, 0) is 42.8 Å². The van der Waals surface area contributed by atoms with Crippen LogP contribution >= 0.6 is 0 Å². The molecule has 410 valence electrons. The van der Waals surface area contributed by atoms with Crippen molar-refractivity contribution in [1.82, 2.24) is 0 Å². The van der Waals surface area contributed by atoms with Crippen LogP contribution in [0, 0.1) is 45.3 Å². The number of ether oxygens (including phenoxy) is 7. The van der Waals surface area contributed by atoms with Crippen LogP contribution in [0.2, 0.25) is 0 Å². The summed E-state index contributed by atoms with van der Waals surface area (Å²) in [5, 5.41) is 130. The standard InChI is InChI=1S/C50H84O21/c1-23(53)64-22-28-35(57)37(59)39(61)42(67-28)69-41-38(60)34(56)27(21-52)66-44(41)68-31-13-16-47(6)29(46(31,4)5)12-18-48(7)30(47)19-25(54)32-24(11-17-49(32,48)8)50(9,15-10-14-45(2,3)71-63)70-43-40(62)36(58)33(55)26(20-51)65-43/h10,14,24-44,51-52,54-63H,11-13,15-22H2,1-9H3. The fourth-order valence-corrected chi connectivity index (χ4v) is 15.0. The maximum Gasteiger partial charge on any atom is 0.302 e. The van der Waals surface area contributed by atoms with Crippen LogP contribution in [0.5, 0.6) is 0 Å². The zero-order valence-electron chi connectivity index (χ0n) is 42.6. The molecule has 21 nitrogen and oxygen atoms in total. The molecule has 3 aliphatic heterocycles. The summed E-state index contributed by atoms with van der Waals surface area (Å²) < 4.78 is 42.4. The number of carbonyl (C=O) groups excluding carboxylic acids is 1. The third-order valence-electron chi connectivity index (χ3n) is 19.2. The summed E-state index contributed by atoms with van der Waals surface area (Å²) in [5.74, 6) is -1.21. The molecule has 4 aliphatic carbocycles. The highest BCUT2D eigenvalue weighted by molar-refractivity contribution is 5.65. The second-order valence-electron chi connectivity index (χ2n) is 24.0. The number of fused-ring (bicyclic) bond motifs is 5. The van der Waals surface area contributed by atoms with Crippen molar-refractivity contribution >= 4 is 5.97 Å². The summed E-state index contributed by atoms with van der Waals surface area (Å²) in [6.45, 7) is 15.8. The lowest BCUT2D eigenvalue weighted by atomic mass is 9.35. The van der Waals surface area contributed by atoms with E-state index in [2.05, 4.69) is 39.5 Å². The van der Waals surface area contributed by atoms with Gasteiger partial charge in [-0.3, -0.25) is 10.1 Å². The van der Waals surface area contributed by atoms with Crippen LogP contribution < -0.4 is 0 Å². The molecule has 12 N–H and O–H groups in total. The Bertz CT molecular complexity index is 1850. The molecule has 71 heavy (non-hydrogen) atoms. The van der Waals surface area contributed by atoms with Crippen molar-refractivity contribution < 1.29 is 104 Å². The van der Waals surface area contributed by atoms with E-state index in [0.717, 1.165) is 26.2 Å². The summed E-state index contributed by atoms with van der Waals surface area (Å²) in [6.07, 6.45) is -16.5. The molecule has 0 aromatic rings. The molecule has 0 radical (unpaired) electrons. The SMILES string of the molecule is CC(=O)OCC1OC(OC2C(OC3CCC4(C)C(CCC5(C)C4CC(O)C4C(C(C)(CC=CC(C)(C)OO)OC6OC(CO)C(O)C(O)C6O)CCC45C)C3(C)C)OC(CO)C(O)C2O)C(O)C(O)C1O. The van der Waals surface area contributed by atoms with Gasteiger partial charge in [0.05, 0.1) is 31.0 Å². The Morgan fingerprint density at radius 2 is 1.23 bits per heavy atom. The van der Waals surface area contributed by atoms with Crippen LogP contribution in [-0.4, -0.2) is 203 Å². The maximum absolute atomic E-state index is 12.7. The van der Waals surface area contributed by atoms with Crippen molar-refractivity contribution in [2.45, 2.75) is 229 Å². The molecule has 0 aromatic carbocycles. The van der Waals surface area contributed by atoms with E-state index in [4.69, 9.17) is 33.2 Å². The van der Waals surface area contributed by atoms with Gasteiger partial charge in [0, 0.05) is 6.92 Å². The van der Waals surface area contributed by atoms with Gasteiger partial charge in [-0.25, -0.2) is 4.89 Å². The lowest BCUT2D eigenvalue weighted by molar-refractivity contribution is -0.378. The van der Waals surface area contributed by atoms with Crippen LogP contribution in [0.4, 0.5) is 0 Å². The van der Waals surface area contributed by atoms with Crippen molar-refractivity contribution in [3.8, 4) is 0 Å². The Morgan fingerprint density at radius 1 is 0.662 bits per heavy atom. The number of hydrogen-bond acceptors (Lipinski definition) is 21. The Morgan fingerprint density at radius 3 is 1.83 bits per heavy atom. The van der Waals surface area contributed by atoms with Gasteiger partial charge in [0.2, 0.25) is 0 Å². The Kier molecular flexibility index (Phi) is 17.0. The molecular weight excluding hydrogens is 937 g/mol. The third kappa shape index (κ3) is 10.2. The predicted molar refractivity (Wildman–Crippen MR) is 246 cm³/mol. The summed E-state index contributed by atoms with van der Waals surface area (Å²) >= 11 is 0. The summed E-state index contributed by atoms with van der Waals surface area (Å²) in [5.41, 5.74) is -3.80. The van der Waals surface area contributed by atoms with Gasteiger partial charge in [-0.2, -0.15) is 0 Å². The fourth-order valence-electron chi connectivity index (χ4n) is 15.0. The highest BCUT2D eigenvalue weighted by atomic mass is 17.1. The monoisotopic (exact) mass is 1020 g/mol. The molecule has 0 spiro atoms. The molecule has 3 saturated heterocycles. The van der Waals surface area contributed by atoms with Crippen molar-refractivity contribution in [1.29, 1.82) is 0 Å². The van der Waals surface area contributed by atoms with E-state index in [0.29, 0.717) is 25.7 Å². The van der Waals surface area contributed by atoms with E-state index in [-0.39, 0.29) is 40.9 Å². The minimum Gasteiger partial charge on any atom is -0.463 e. The first kappa shape index (κ1) is 57.2. The summed E-state index contributed by atoms with van der Waals surface area (Å²) in [7, 11) is 0. The quantitative estimate of drug-likeness (QED) is 0.0338. The van der Waals surface area contributed by atoms with Gasteiger partial charge in [0.25, 0.3) is 0 Å². The largest absolute Gasteiger partial charge is 0.463 e. The summed E-state index contributed by atoms with van der Waals surface area (Å²) in [4.78, 5) is 16.2. The van der Waals surface area contributed by atoms with Crippen molar-refractivity contribution in [3.63, 3.8) is 0 Å². The molecule has 4 saturated carbocycles. The average Bonchev–Trinajstić information content (AvgIpc) is 3.70. The Labute approximate surface area is 415 Å². The normalized spacial score (nSPS) is 49.9. The number of carbonyl (C=O) groups is 1. The lowest BCUT2D eigenvalue weighted by Crippen LogP contribution is -2.68. The van der Waals surface area contributed by atoms with Crippen molar-refractivity contribution in [3.05, 3.63) is 12.2 Å². The molecule has 21 heteroatoms. The van der Waals surface area contributed by atoms with E-state index in [1.165, 1.54) is 0 Å². The van der Waals surface area contributed by atoms with Gasteiger partial charge < -0.3 is 89.3 Å². The maximum atomic E-state index is 12.7. The van der Waals surface area contributed by atoms with E-state index < -0.39 is 152 Å². The molecule has 7 rings (SSSR count). The number of esters is 1. The first-order valence-corrected chi connectivity index (χ1v) is 25.5. The van der Waals surface area contributed by atoms with Gasteiger partial charge in [-0.1, -0.05) is 46.8 Å². The van der Waals surface area contributed by atoms with E-state index in [1.54, 1.807) is 19.9 Å². The van der Waals surface area contributed by atoms with Crippen LogP contribution in [0.15, 0.2) is 12.2 Å². The van der Waals surface area contributed by atoms with E-state index >= 15 is 0 Å². The Hall–Kier alpha value is -1.55. The average molecular weight is 1020 g/mol. The first-order valence-electron chi connectivity index (χ1n) is 25.5. The zero-order valence-corrected chi connectivity index (χ0v) is 42.6. The van der Waals surface area contributed by atoms with Crippen molar-refractivity contribution in [2.24, 2.45) is 45.3 Å². The van der Waals surface area contributed by atoms with Gasteiger partial charge >= 0.3 is 5.97 Å². The number of hydrogen-bond donors (Lipinski definition) is 12. The van der Waals surface area contributed by atoms with Crippen LogP contribution in [0.25, 0.3) is 0 Å². The van der Waals surface area contributed by atoms with E-state index in [1.807, 2.05) is 13.0 Å². The van der Waals surface area contributed by atoms with Crippen LogP contribution in [0.3, 0.4) is 0 Å².